The Morgan fingerprint density at radius 2 is 2.00 bits per heavy atom. The van der Waals surface area contributed by atoms with Crippen LogP contribution in [0.4, 0.5) is 0 Å². The van der Waals surface area contributed by atoms with Crippen LogP contribution in [-0.4, -0.2) is 31.2 Å². The molecule has 0 unspecified atom stereocenters. The molecular formula is C19H30N2O3S. The van der Waals surface area contributed by atoms with Crippen LogP contribution in [0.25, 0.3) is 0 Å². The van der Waals surface area contributed by atoms with E-state index >= 15 is 0 Å². The molecule has 0 aliphatic rings. The topological polar surface area (TPSA) is 60.5 Å². The van der Waals surface area contributed by atoms with Crippen molar-refractivity contribution in [2.45, 2.75) is 46.1 Å². The van der Waals surface area contributed by atoms with Crippen molar-refractivity contribution in [3.63, 3.8) is 0 Å². The van der Waals surface area contributed by atoms with E-state index in [9.17, 15) is 4.79 Å². The second-order valence-electron chi connectivity index (χ2n) is 5.34. The number of nitrogens with zero attached hydrogens (tertiary/aromatic N) is 1. The number of benzene rings is 1. The number of hydrogen-bond donors (Lipinski definition) is 1. The minimum Gasteiger partial charge on any atom is -0.493 e. The number of carbonyl (C=O) groups is 1. The zero-order valence-corrected chi connectivity index (χ0v) is 16.5. The van der Waals surface area contributed by atoms with Crippen molar-refractivity contribution in [3.05, 3.63) is 40.3 Å². The fourth-order valence-electron chi connectivity index (χ4n) is 2.34. The zero-order chi connectivity index (χ0) is 18.7. The molecule has 0 saturated heterocycles. The molecule has 25 heavy (non-hydrogen) atoms. The highest BCUT2D eigenvalue weighted by Gasteiger charge is 2.10. The van der Waals surface area contributed by atoms with Gasteiger partial charge in [-0.3, -0.25) is 4.79 Å². The van der Waals surface area contributed by atoms with E-state index in [2.05, 4.69) is 10.3 Å². The average molecular weight is 367 g/mol. The van der Waals surface area contributed by atoms with Crippen molar-refractivity contribution in [3.8, 4) is 11.5 Å². The smallest absolute Gasteiger partial charge is 0.220 e. The molecule has 0 aliphatic carbocycles. The third-order valence-corrected chi connectivity index (χ3v) is 4.13. The van der Waals surface area contributed by atoms with Gasteiger partial charge in [0.1, 0.15) is 0 Å². The molecule has 0 bridgehead atoms. The van der Waals surface area contributed by atoms with Gasteiger partial charge in [-0.05, 0) is 31.0 Å². The van der Waals surface area contributed by atoms with Crippen molar-refractivity contribution in [2.24, 2.45) is 0 Å². The van der Waals surface area contributed by atoms with Gasteiger partial charge in [-0.2, -0.15) is 0 Å². The lowest BCUT2D eigenvalue weighted by molar-refractivity contribution is -0.121. The maximum Gasteiger partial charge on any atom is 0.220 e. The van der Waals surface area contributed by atoms with Crippen LogP contribution in [0.5, 0.6) is 11.5 Å². The van der Waals surface area contributed by atoms with E-state index in [1.807, 2.05) is 44.4 Å². The predicted molar refractivity (Wildman–Crippen MR) is 105 cm³/mol. The number of rotatable bonds is 8. The summed E-state index contributed by atoms with van der Waals surface area (Å²) in [5, 5.41) is 5.02. The monoisotopic (exact) mass is 366 g/mol. The molecule has 5 nitrogen and oxygen atoms in total. The van der Waals surface area contributed by atoms with E-state index in [1.165, 1.54) is 0 Å². The number of nitrogens with one attached hydrogen (secondary N) is 1. The Bertz CT molecular complexity index is 636. The van der Waals surface area contributed by atoms with Crippen molar-refractivity contribution in [1.29, 1.82) is 0 Å². The van der Waals surface area contributed by atoms with Gasteiger partial charge in [-0.25, -0.2) is 4.98 Å². The highest BCUT2D eigenvalue weighted by atomic mass is 32.1. The van der Waals surface area contributed by atoms with E-state index in [0.29, 0.717) is 24.3 Å². The van der Waals surface area contributed by atoms with Gasteiger partial charge in [0.25, 0.3) is 0 Å². The summed E-state index contributed by atoms with van der Waals surface area (Å²) in [6.45, 7) is 5.99. The van der Waals surface area contributed by atoms with Gasteiger partial charge >= 0.3 is 0 Å². The highest BCUT2D eigenvalue weighted by molar-refractivity contribution is 7.07. The molecule has 1 aromatic heterocycles. The zero-order valence-electron chi connectivity index (χ0n) is 15.7. The lowest BCUT2D eigenvalue weighted by Crippen LogP contribution is -2.34. The van der Waals surface area contributed by atoms with Crippen molar-refractivity contribution >= 4 is 17.2 Å². The summed E-state index contributed by atoms with van der Waals surface area (Å²) >= 11 is 1.57. The van der Waals surface area contributed by atoms with Crippen LogP contribution in [0.2, 0.25) is 0 Å². The normalized spacial score (nSPS) is 11.1. The second-order valence-corrected chi connectivity index (χ2v) is 6.06. The van der Waals surface area contributed by atoms with Gasteiger partial charge < -0.3 is 14.8 Å². The standard InChI is InChI=1S/C17H22N2O3S.C2H6.H2/c1-12(8-14-10-23-11-18-14)19-17(20)7-5-13-4-6-15(21-2)16(9-13)22-3;1-2;/h4,6,9-12H,5,7-8H2,1-3H3,(H,19,20);1-2H3;1H/t12-;;/m1../s1. The van der Waals surface area contributed by atoms with Crippen LogP contribution in [0, 0.1) is 0 Å². The van der Waals surface area contributed by atoms with Crippen LogP contribution in [0.3, 0.4) is 0 Å². The SMILES string of the molecule is CC.COc1ccc(CCC(=O)N[C@H](C)Cc2cscn2)cc1OC.[HH]. The molecule has 2 aromatic rings. The van der Waals surface area contributed by atoms with Crippen molar-refractivity contribution in [1.82, 2.24) is 10.3 Å². The van der Waals surface area contributed by atoms with Gasteiger partial charge in [0, 0.05) is 25.7 Å². The third-order valence-electron chi connectivity index (χ3n) is 3.49. The number of amides is 1. The molecular weight excluding hydrogens is 336 g/mol. The lowest BCUT2D eigenvalue weighted by atomic mass is 10.1. The number of hydrogen-bond acceptors (Lipinski definition) is 5. The quantitative estimate of drug-likeness (QED) is 0.764. The fraction of sp³-hybridized carbons (Fsp3) is 0.474. The van der Waals surface area contributed by atoms with E-state index in [-0.39, 0.29) is 13.4 Å². The summed E-state index contributed by atoms with van der Waals surface area (Å²) in [5.74, 6) is 1.42. The Kier molecular flexibility index (Phi) is 9.62. The summed E-state index contributed by atoms with van der Waals surface area (Å²) in [7, 11) is 3.21. The number of methoxy groups -OCH3 is 2. The molecule has 1 amide bonds. The van der Waals surface area contributed by atoms with Crippen LogP contribution >= 0.6 is 11.3 Å². The molecule has 1 aromatic carbocycles. The Labute approximate surface area is 155 Å². The number of carbonyl (C=O) groups excluding carboxylic acids is 1. The summed E-state index contributed by atoms with van der Waals surface area (Å²) in [6, 6.07) is 5.80. The van der Waals surface area contributed by atoms with E-state index in [1.54, 1.807) is 31.1 Å². The Balaban J connectivity index is 0.00000201. The lowest BCUT2D eigenvalue weighted by Gasteiger charge is -2.13. The number of ether oxygens (including phenoxy) is 2. The number of thiazole rings is 1. The molecule has 1 heterocycles. The Morgan fingerprint density at radius 1 is 1.28 bits per heavy atom. The highest BCUT2D eigenvalue weighted by Crippen LogP contribution is 2.27. The van der Waals surface area contributed by atoms with E-state index in [0.717, 1.165) is 17.7 Å². The third kappa shape index (κ3) is 7.13. The van der Waals surface area contributed by atoms with Gasteiger partial charge in [0.15, 0.2) is 11.5 Å². The maximum atomic E-state index is 12.0. The fourth-order valence-corrected chi connectivity index (χ4v) is 2.92. The molecule has 1 N–H and O–H groups in total. The first-order chi connectivity index (χ1) is 12.1. The molecule has 0 aliphatic heterocycles. The summed E-state index contributed by atoms with van der Waals surface area (Å²) in [4.78, 5) is 16.3. The Morgan fingerprint density at radius 3 is 2.60 bits per heavy atom. The molecule has 0 radical (unpaired) electrons. The minimum atomic E-state index is 0. The summed E-state index contributed by atoms with van der Waals surface area (Å²) in [6.07, 6.45) is 1.86. The first kappa shape index (κ1) is 21.0. The van der Waals surface area contributed by atoms with Gasteiger partial charge in [0.05, 0.1) is 25.4 Å². The molecule has 1 atom stereocenters. The van der Waals surface area contributed by atoms with E-state index < -0.39 is 0 Å². The van der Waals surface area contributed by atoms with Gasteiger partial charge in [-0.1, -0.05) is 19.9 Å². The molecule has 0 fully saturated rings. The maximum absolute atomic E-state index is 12.0. The van der Waals surface area contributed by atoms with Gasteiger partial charge in [0.2, 0.25) is 5.91 Å². The van der Waals surface area contributed by atoms with Crippen LogP contribution in [-0.2, 0) is 17.6 Å². The molecule has 140 valence electrons. The van der Waals surface area contributed by atoms with Crippen molar-refractivity contribution < 1.29 is 15.7 Å². The van der Waals surface area contributed by atoms with Crippen LogP contribution < -0.4 is 14.8 Å². The molecule has 6 heteroatoms. The molecule has 0 spiro atoms. The van der Waals surface area contributed by atoms with E-state index in [4.69, 9.17) is 9.47 Å². The first-order valence-corrected chi connectivity index (χ1v) is 9.44. The van der Waals surface area contributed by atoms with Crippen molar-refractivity contribution in [2.75, 3.05) is 14.2 Å². The molecule has 2 rings (SSSR count). The minimum absolute atomic E-state index is 0. The van der Waals surface area contributed by atoms with Crippen LogP contribution in [0.15, 0.2) is 29.1 Å². The first-order valence-electron chi connectivity index (χ1n) is 8.49. The summed E-state index contributed by atoms with van der Waals surface area (Å²) < 4.78 is 10.5. The summed E-state index contributed by atoms with van der Waals surface area (Å²) in [5.41, 5.74) is 3.87. The second kappa shape index (κ2) is 11.5. The van der Waals surface area contributed by atoms with Crippen LogP contribution in [0.1, 0.15) is 39.9 Å². The predicted octanol–water partition coefficient (Wildman–Crippen LogP) is 4.11. The number of aryl methyl sites for hydroxylation is 1. The Hall–Kier alpha value is -2.08. The average Bonchev–Trinajstić information content (AvgIpc) is 3.14. The number of aromatic nitrogens is 1. The molecule has 0 saturated carbocycles. The van der Waals surface area contributed by atoms with Gasteiger partial charge in [-0.15, -0.1) is 11.3 Å². The largest absolute Gasteiger partial charge is 0.493 e.